The Bertz CT molecular complexity index is 456. The molecule has 1 aliphatic rings. The Kier molecular flexibility index (Phi) is 5.31. The minimum absolute atomic E-state index is 0.0503. The van der Waals surface area contributed by atoms with Crippen molar-refractivity contribution in [2.45, 2.75) is 64.2 Å². The highest BCUT2D eigenvalue weighted by Gasteiger charge is 2.30. The van der Waals surface area contributed by atoms with Crippen LogP contribution in [0.4, 0.5) is 13.2 Å². The fraction of sp³-hybridized carbons (Fsp3) is 0.647. The van der Waals surface area contributed by atoms with E-state index < -0.39 is 11.7 Å². The number of halogens is 3. The van der Waals surface area contributed by atoms with Crippen LogP contribution in [-0.4, -0.2) is 6.04 Å². The zero-order valence-corrected chi connectivity index (χ0v) is 12.7. The zero-order valence-electron chi connectivity index (χ0n) is 12.7. The van der Waals surface area contributed by atoms with E-state index >= 15 is 0 Å². The first-order valence-corrected chi connectivity index (χ1v) is 7.79. The van der Waals surface area contributed by atoms with Gasteiger partial charge in [-0.2, -0.15) is 13.2 Å². The molecule has 1 nitrogen and oxygen atoms in total. The van der Waals surface area contributed by atoms with Crippen molar-refractivity contribution in [2.24, 2.45) is 5.92 Å². The maximum Gasteiger partial charge on any atom is 0.416 e. The monoisotopic (exact) mass is 299 g/mol. The summed E-state index contributed by atoms with van der Waals surface area (Å²) in [5, 5.41) is 3.51. The highest BCUT2D eigenvalue weighted by Crippen LogP contribution is 2.31. The van der Waals surface area contributed by atoms with E-state index in [0.29, 0.717) is 11.6 Å². The van der Waals surface area contributed by atoms with Crippen LogP contribution in [0.25, 0.3) is 0 Å². The second kappa shape index (κ2) is 6.82. The van der Waals surface area contributed by atoms with Crippen LogP contribution in [-0.2, 0) is 6.18 Å². The molecule has 1 aromatic carbocycles. The highest BCUT2D eigenvalue weighted by atomic mass is 19.4. The molecule has 21 heavy (non-hydrogen) atoms. The van der Waals surface area contributed by atoms with Gasteiger partial charge < -0.3 is 5.32 Å². The molecule has 0 amide bonds. The molecular formula is C17H24F3N. The van der Waals surface area contributed by atoms with Gasteiger partial charge in [-0.15, -0.1) is 0 Å². The number of nitrogens with one attached hydrogen (secondary N) is 1. The van der Waals surface area contributed by atoms with Gasteiger partial charge in [-0.3, -0.25) is 0 Å². The van der Waals surface area contributed by atoms with Gasteiger partial charge in [0.25, 0.3) is 0 Å². The van der Waals surface area contributed by atoms with E-state index in [4.69, 9.17) is 0 Å². The lowest BCUT2D eigenvalue weighted by atomic mass is 10.0. The molecule has 0 aromatic heterocycles. The molecular weight excluding hydrogens is 275 g/mol. The van der Waals surface area contributed by atoms with Gasteiger partial charge in [0.2, 0.25) is 0 Å². The minimum atomic E-state index is -4.27. The van der Waals surface area contributed by atoms with E-state index in [-0.39, 0.29) is 6.04 Å². The van der Waals surface area contributed by atoms with Gasteiger partial charge in [0.15, 0.2) is 0 Å². The summed E-state index contributed by atoms with van der Waals surface area (Å²) in [5.74, 6) is 0.765. The second-order valence-electron chi connectivity index (χ2n) is 6.32. The molecule has 2 rings (SSSR count). The van der Waals surface area contributed by atoms with E-state index in [0.717, 1.165) is 24.8 Å². The van der Waals surface area contributed by atoms with Crippen LogP contribution in [0.3, 0.4) is 0 Å². The Hall–Kier alpha value is -1.03. The summed E-state index contributed by atoms with van der Waals surface area (Å²) in [7, 11) is 0. The summed E-state index contributed by atoms with van der Waals surface area (Å²) in [6, 6.07) is 6.02. The Morgan fingerprint density at radius 3 is 2.62 bits per heavy atom. The first kappa shape index (κ1) is 16.3. The van der Waals surface area contributed by atoms with Gasteiger partial charge in [0, 0.05) is 12.1 Å². The van der Waals surface area contributed by atoms with Crippen LogP contribution >= 0.6 is 0 Å². The standard InChI is InChI=1S/C17H24F3N/c1-12-5-3-8-16(10-9-12)21-13(2)14-6-4-7-15(11-14)17(18,19)20/h4,6-7,11-13,16,21H,3,5,8-10H2,1-2H3. The molecule has 0 saturated heterocycles. The van der Waals surface area contributed by atoms with E-state index in [1.165, 1.54) is 31.4 Å². The van der Waals surface area contributed by atoms with E-state index in [1.54, 1.807) is 6.07 Å². The Morgan fingerprint density at radius 1 is 1.14 bits per heavy atom. The molecule has 1 N–H and O–H groups in total. The van der Waals surface area contributed by atoms with E-state index in [1.807, 2.05) is 6.92 Å². The second-order valence-corrected chi connectivity index (χ2v) is 6.32. The number of hydrogen-bond donors (Lipinski definition) is 1. The zero-order chi connectivity index (χ0) is 15.5. The largest absolute Gasteiger partial charge is 0.416 e. The van der Waals surface area contributed by atoms with Crippen LogP contribution in [0, 0.1) is 5.92 Å². The molecule has 1 saturated carbocycles. The van der Waals surface area contributed by atoms with Crippen molar-refractivity contribution in [3.63, 3.8) is 0 Å². The van der Waals surface area contributed by atoms with Crippen LogP contribution in [0.2, 0.25) is 0 Å². The number of hydrogen-bond acceptors (Lipinski definition) is 1. The molecule has 4 heteroatoms. The first-order chi connectivity index (χ1) is 9.86. The van der Waals surface area contributed by atoms with Crippen molar-refractivity contribution >= 4 is 0 Å². The predicted octanol–water partition coefficient (Wildman–Crippen LogP) is 5.32. The van der Waals surface area contributed by atoms with Crippen molar-refractivity contribution in [3.8, 4) is 0 Å². The molecule has 0 bridgehead atoms. The fourth-order valence-corrected chi connectivity index (χ4v) is 3.09. The van der Waals surface area contributed by atoms with Crippen LogP contribution in [0.1, 0.15) is 63.1 Å². The van der Waals surface area contributed by atoms with Gasteiger partial charge in [0.05, 0.1) is 5.56 Å². The lowest BCUT2D eigenvalue weighted by molar-refractivity contribution is -0.137. The molecule has 0 aliphatic heterocycles. The SMILES string of the molecule is CC1CCCC(NC(C)c2cccc(C(F)(F)F)c2)CC1. The topological polar surface area (TPSA) is 12.0 Å². The summed E-state index contributed by atoms with van der Waals surface area (Å²) in [6.45, 7) is 4.22. The molecule has 3 atom stereocenters. The van der Waals surface area contributed by atoms with Gasteiger partial charge in [0.1, 0.15) is 0 Å². The molecule has 118 valence electrons. The maximum atomic E-state index is 12.8. The maximum absolute atomic E-state index is 12.8. The third-order valence-electron chi connectivity index (χ3n) is 4.46. The molecule has 1 aromatic rings. The number of rotatable bonds is 3. The van der Waals surface area contributed by atoms with Crippen molar-refractivity contribution in [3.05, 3.63) is 35.4 Å². The number of alkyl halides is 3. The first-order valence-electron chi connectivity index (χ1n) is 7.79. The van der Waals surface area contributed by atoms with Crippen molar-refractivity contribution < 1.29 is 13.2 Å². The van der Waals surface area contributed by atoms with Gasteiger partial charge in [-0.05, 0) is 49.8 Å². The summed E-state index contributed by atoms with van der Waals surface area (Å²) in [4.78, 5) is 0. The normalized spacial score (nSPS) is 25.4. The van der Waals surface area contributed by atoms with Gasteiger partial charge in [-0.1, -0.05) is 31.9 Å². The van der Waals surface area contributed by atoms with Gasteiger partial charge in [-0.25, -0.2) is 0 Å². The predicted molar refractivity (Wildman–Crippen MR) is 79.0 cm³/mol. The van der Waals surface area contributed by atoms with Crippen molar-refractivity contribution in [1.29, 1.82) is 0 Å². The van der Waals surface area contributed by atoms with E-state index in [2.05, 4.69) is 12.2 Å². The van der Waals surface area contributed by atoms with Crippen molar-refractivity contribution in [1.82, 2.24) is 5.32 Å². The smallest absolute Gasteiger partial charge is 0.307 e. The quantitative estimate of drug-likeness (QED) is 0.744. The minimum Gasteiger partial charge on any atom is -0.307 e. The Labute approximate surface area is 124 Å². The molecule has 1 aliphatic carbocycles. The summed E-state index contributed by atoms with van der Waals surface area (Å²) >= 11 is 0. The average molecular weight is 299 g/mol. The van der Waals surface area contributed by atoms with Gasteiger partial charge >= 0.3 is 6.18 Å². The summed E-state index contributed by atoms with van der Waals surface area (Å²) < 4.78 is 38.3. The molecule has 3 unspecified atom stereocenters. The third kappa shape index (κ3) is 4.73. The Balaban J connectivity index is 2.01. The summed E-state index contributed by atoms with van der Waals surface area (Å²) in [5.41, 5.74) is 0.144. The summed E-state index contributed by atoms with van der Waals surface area (Å²) in [6.07, 6.45) is 1.63. The van der Waals surface area contributed by atoms with Crippen molar-refractivity contribution in [2.75, 3.05) is 0 Å². The van der Waals surface area contributed by atoms with Crippen LogP contribution in [0.5, 0.6) is 0 Å². The molecule has 0 spiro atoms. The lowest BCUT2D eigenvalue weighted by Crippen LogP contribution is -2.31. The van der Waals surface area contributed by atoms with E-state index in [9.17, 15) is 13.2 Å². The van der Waals surface area contributed by atoms with Crippen LogP contribution in [0.15, 0.2) is 24.3 Å². The highest BCUT2D eigenvalue weighted by molar-refractivity contribution is 5.27. The molecule has 0 radical (unpaired) electrons. The molecule has 1 fully saturated rings. The Morgan fingerprint density at radius 2 is 1.90 bits per heavy atom. The average Bonchev–Trinajstić information content (AvgIpc) is 2.63. The third-order valence-corrected chi connectivity index (χ3v) is 4.46. The van der Waals surface area contributed by atoms with Crippen LogP contribution < -0.4 is 5.32 Å². The lowest BCUT2D eigenvalue weighted by Gasteiger charge is -2.23. The molecule has 0 heterocycles. The fourth-order valence-electron chi connectivity index (χ4n) is 3.09. The number of benzene rings is 1.